The predicted molar refractivity (Wildman–Crippen MR) is 55.3 cm³/mol. The highest BCUT2D eigenvalue weighted by Crippen LogP contribution is 2.33. The lowest BCUT2D eigenvalue weighted by molar-refractivity contribution is -0.0407. The molecule has 0 bridgehead atoms. The van der Waals surface area contributed by atoms with Gasteiger partial charge in [-0.15, -0.1) is 0 Å². The molecule has 3 heteroatoms. The maximum absolute atomic E-state index is 9.40. The Bertz CT molecular complexity index is 151. The van der Waals surface area contributed by atoms with Crippen LogP contribution in [-0.2, 0) is 9.47 Å². The summed E-state index contributed by atoms with van der Waals surface area (Å²) >= 11 is 0. The summed E-state index contributed by atoms with van der Waals surface area (Å²) in [6.07, 6.45) is 3.16. The van der Waals surface area contributed by atoms with Crippen molar-refractivity contribution < 1.29 is 14.6 Å². The molecule has 1 aliphatic rings. The Labute approximate surface area is 86.4 Å². The first-order valence-electron chi connectivity index (χ1n) is 5.49. The fourth-order valence-corrected chi connectivity index (χ4v) is 1.80. The zero-order chi connectivity index (χ0) is 10.4. The van der Waals surface area contributed by atoms with Crippen LogP contribution in [0.4, 0.5) is 0 Å². The number of rotatable bonds is 5. The van der Waals surface area contributed by atoms with E-state index in [-0.39, 0.29) is 18.1 Å². The average molecular weight is 202 g/mol. The summed E-state index contributed by atoms with van der Waals surface area (Å²) < 4.78 is 10.8. The maximum atomic E-state index is 9.40. The molecule has 84 valence electrons. The van der Waals surface area contributed by atoms with E-state index in [1.54, 1.807) is 0 Å². The maximum Gasteiger partial charge on any atom is 0.0518 e. The lowest BCUT2D eigenvalue weighted by atomic mass is 9.78. The van der Waals surface area contributed by atoms with Gasteiger partial charge in [-0.25, -0.2) is 0 Å². The Balaban J connectivity index is 2.29. The molecule has 1 saturated heterocycles. The van der Waals surface area contributed by atoms with Gasteiger partial charge in [-0.2, -0.15) is 0 Å². The van der Waals surface area contributed by atoms with E-state index in [1.165, 1.54) is 0 Å². The summed E-state index contributed by atoms with van der Waals surface area (Å²) in [5.74, 6) is 0. The van der Waals surface area contributed by atoms with Gasteiger partial charge in [0, 0.05) is 31.8 Å². The SMILES string of the molecule is CC(C)OCCC1(CO)CCOCC1. The van der Waals surface area contributed by atoms with Crippen molar-refractivity contribution >= 4 is 0 Å². The molecule has 0 aliphatic carbocycles. The molecule has 1 aliphatic heterocycles. The fraction of sp³-hybridized carbons (Fsp3) is 1.00. The lowest BCUT2D eigenvalue weighted by Gasteiger charge is -2.35. The first kappa shape index (κ1) is 12.0. The number of ether oxygens (including phenoxy) is 2. The molecule has 14 heavy (non-hydrogen) atoms. The van der Waals surface area contributed by atoms with Crippen molar-refractivity contribution in [2.45, 2.75) is 39.2 Å². The van der Waals surface area contributed by atoms with Gasteiger partial charge >= 0.3 is 0 Å². The highest BCUT2D eigenvalue weighted by atomic mass is 16.5. The molecule has 0 amide bonds. The topological polar surface area (TPSA) is 38.7 Å². The molecule has 0 spiro atoms. The molecule has 0 aromatic carbocycles. The van der Waals surface area contributed by atoms with Crippen LogP contribution in [0.1, 0.15) is 33.1 Å². The van der Waals surface area contributed by atoms with E-state index in [0.717, 1.165) is 39.1 Å². The molecule has 1 heterocycles. The zero-order valence-electron chi connectivity index (χ0n) is 9.29. The highest BCUT2D eigenvalue weighted by Gasteiger charge is 2.31. The van der Waals surface area contributed by atoms with Crippen LogP contribution in [0, 0.1) is 5.41 Å². The van der Waals surface area contributed by atoms with Crippen LogP contribution in [0.25, 0.3) is 0 Å². The molecule has 1 fully saturated rings. The first-order valence-corrected chi connectivity index (χ1v) is 5.49. The largest absolute Gasteiger partial charge is 0.396 e. The minimum absolute atomic E-state index is 0.0626. The van der Waals surface area contributed by atoms with Gasteiger partial charge in [-0.05, 0) is 33.1 Å². The van der Waals surface area contributed by atoms with Crippen LogP contribution in [0.15, 0.2) is 0 Å². The average Bonchev–Trinajstić information content (AvgIpc) is 2.19. The molecule has 1 rings (SSSR count). The normalized spacial score (nSPS) is 21.4. The van der Waals surface area contributed by atoms with Crippen molar-refractivity contribution in [1.82, 2.24) is 0 Å². The quantitative estimate of drug-likeness (QED) is 0.736. The molecule has 0 aromatic rings. The van der Waals surface area contributed by atoms with Gasteiger partial charge in [0.2, 0.25) is 0 Å². The molecule has 1 N–H and O–H groups in total. The van der Waals surface area contributed by atoms with Gasteiger partial charge in [-0.3, -0.25) is 0 Å². The summed E-state index contributed by atoms with van der Waals surface area (Å²) in [5.41, 5.74) is 0.0626. The van der Waals surface area contributed by atoms with Crippen molar-refractivity contribution in [2.24, 2.45) is 5.41 Å². The molecule has 3 nitrogen and oxygen atoms in total. The third-order valence-corrected chi connectivity index (χ3v) is 2.97. The molecule has 0 unspecified atom stereocenters. The second kappa shape index (κ2) is 5.69. The van der Waals surface area contributed by atoms with Crippen LogP contribution >= 0.6 is 0 Å². The second-order valence-electron chi connectivity index (χ2n) is 4.44. The van der Waals surface area contributed by atoms with E-state index in [2.05, 4.69) is 0 Å². The molecular weight excluding hydrogens is 180 g/mol. The highest BCUT2D eigenvalue weighted by molar-refractivity contribution is 4.81. The number of aliphatic hydroxyl groups excluding tert-OH is 1. The molecular formula is C11H22O3. The Morgan fingerprint density at radius 3 is 2.50 bits per heavy atom. The van der Waals surface area contributed by atoms with Crippen molar-refractivity contribution in [1.29, 1.82) is 0 Å². The summed E-state index contributed by atoms with van der Waals surface area (Å²) in [5, 5.41) is 9.40. The third-order valence-electron chi connectivity index (χ3n) is 2.97. The smallest absolute Gasteiger partial charge is 0.0518 e. The van der Waals surface area contributed by atoms with Crippen molar-refractivity contribution in [3.05, 3.63) is 0 Å². The fourth-order valence-electron chi connectivity index (χ4n) is 1.80. The Morgan fingerprint density at radius 2 is 2.00 bits per heavy atom. The van der Waals surface area contributed by atoms with Gasteiger partial charge in [0.05, 0.1) is 6.10 Å². The van der Waals surface area contributed by atoms with Gasteiger partial charge < -0.3 is 14.6 Å². The monoisotopic (exact) mass is 202 g/mol. The van der Waals surface area contributed by atoms with E-state index in [1.807, 2.05) is 13.8 Å². The van der Waals surface area contributed by atoms with Crippen LogP contribution in [-0.4, -0.2) is 37.6 Å². The van der Waals surface area contributed by atoms with Gasteiger partial charge in [0.25, 0.3) is 0 Å². The van der Waals surface area contributed by atoms with E-state index >= 15 is 0 Å². The van der Waals surface area contributed by atoms with Crippen LogP contribution in [0.5, 0.6) is 0 Å². The minimum atomic E-state index is 0.0626. The molecule has 0 radical (unpaired) electrons. The first-order chi connectivity index (χ1) is 6.68. The van der Waals surface area contributed by atoms with Crippen LogP contribution in [0.3, 0.4) is 0 Å². The van der Waals surface area contributed by atoms with E-state index in [9.17, 15) is 5.11 Å². The van der Waals surface area contributed by atoms with Crippen molar-refractivity contribution in [3.8, 4) is 0 Å². The Morgan fingerprint density at radius 1 is 1.36 bits per heavy atom. The Hall–Kier alpha value is -0.120. The van der Waals surface area contributed by atoms with E-state index in [4.69, 9.17) is 9.47 Å². The van der Waals surface area contributed by atoms with Crippen LogP contribution < -0.4 is 0 Å². The molecule has 0 atom stereocenters. The van der Waals surface area contributed by atoms with E-state index in [0.29, 0.717) is 0 Å². The Kier molecular flexibility index (Phi) is 4.85. The van der Waals surface area contributed by atoms with Gasteiger partial charge in [-0.1, -0.05) is 0 Å². The summed E-state index contributed by atoms with van der Waals surface area (Å²) in [7, 11) is 0. The molecule has 0 aromatic heterocycles. The summed E-state index contributed by atoms with van der Waals surface area (Å²) in [6.45, 7) is 6.64. The van der Waals surface area contributed by atoms with E-state index < -0.39 is 0 Å². The van der Waals surface area contributed by atoms with Crippen LogP contribution in [0.2, 0.25) is 0 Å². The minimum Gasteiger partial charge on any atom is -0.396 e. The van der Waals surface area contributed by atoms with Gasteiger partial charge in [0.15, 0.2) is 0 Å². The zero-order valence-corrected chi connectivity index (χ0v) is 9.29. The summed E-state index contributed by atoms with van der Waals surface area (Å²) in [6, 6.07) is 0. The van der Waals surface area contributed by atoms with Gasteiger partial charge in [0.1, 0.15) is 0 Å². The number of aliphatic hydroxyl groups is 1. The lowest BCUT2D eigenvalue weighted by Crippen LogP contribution is -2.34. The summed E-state index contributed by atoms with van der Waals surface area (Å²) in [4.78, 5) is 0. The predicted octanol–water partition coefficient (Wildman–Crippen LogP) is 1.59. The second-order valence-corrected chi connectivity index (χ2v) is 4.44. The van der Waals surface area contributed by atoms with Crippen molar-refractivity contribution in [3.63, 3.8) is 0 Å². The number of hydrogen-bond acceptors (Lipinski definition) is 3. The standard InChI is InChI=1S/C11H22O3/c1-10(2)14-8-5-11(9-12)3-6-13-7-4-11/h10,12H,3-9H2,1-2H3. The molecule has 0 saturated carbocycles. The van der Waals surface area contributed by atoms with Crippen molar-refractivity contribution in [2.75, 3.05) is 26.4 Å². The third kappa shape index (κ3) is 3.56. The number of hydrogen-bond donors (Lipinski definition) is 1.